The van der Waals surface area contributed by atoms with Crippen LogP contribution in [0.4, 0.5) is 5.69 Å². The van der Waals surface area contributed by atoms with Crippen molar-refractivity contribution in [3.63, 3.8) is 0 Å². The summed E-state index contributed by atoms with van der Waals surface area (Å²) in [6.07, 6.45) is 0.320. The van der Waals surface area contributed by atoms with E-state index >= 15 is 0 Å². The summed E-state index contributed by atoms with van der Waals surface area (Å²) in [5.41, 5.74) is 6.64. The summed E-state index contributed by atoms with van der Waals surface area (Å²) in [5.74, 6) is 0.598. The quantitative estimate of drug-likeness (QED) is 0.492. The van der Waals surface area contributed by atoms with Gasteiger partial charge >= 0.3 is 0 Å². The Morgan fingerprint density at radius 2 is 1.75 bits per heavy atom. The maximum Gasteiger partial charge on any atom is 0.229 e. The predicted octanol–water partition coefficient (Wildman–Crippen LogP) is 5.98. The van der Waals surface area contributed by atoms with Crippen LogP contribution in [0, 0.1) is 32.1 Å². The van der Waals surface area contributed by atoms with Crippen LogP contribution in [0.2, 0.25) is 0 Å². The highest BCUT2D eigenvalue weighted by Gasteiger charge is 2.39. The SMILES string of the molecule is Cc1cc(C)c(N2CSC3=C(C#N)C(c4cccc5ccccc45)CC(=O)N3C2)c(C)c1. The molecule has 1 saturated heterocycles. The molecule has 4 nitrogen and oxygen atoms in total. The smallest absolute Gasteiger partial charge is 0.229 e. The zero-order valence-corrected chi connectivity index (χ0v) is 19.4. The van der Waals surface area contributed by atoms with Gasteiger partial charge in [-0.25, -0.2) is 0 Å². The molecule has 3 aromatic rings. The Bertz CT molecular complexity index is 1290. The molecule has 0 saturated carbocycles. The molecule has 160 valence electrons. The number of thioether (sulfide) groups is 1. The molecule has 0 bridgehead atoms. The minimum Gasteiger partial charge on any atom is -0.343 e. The minimum absolute atomic E-state index is 0.0801. The molecule has 5 heteroatoms. The number of aryl methyl sites for hydroxylation is 3. The van der Waals surface area contributed by atoms with Crippen LogP contribution in [0.1, 0.15) is 34.6 Å². The number of nitrogens with zero attached hydrogens (tertiary/aromatic N) is 3. The largest absolute Gasteiger partial charge is 0.343 e. The molecule has 1 amide bonds. The van der Waals surface area contributed by atoms with Crippen LogP contribution in [0.25, 0.3) is 10.8 Å². The molecule has 2 aliphatic rings. The summed E-state index contributed by atoms with van der Waals surface area (Å²) in [7, 11) is 0. The van der Waals surface area contributed by atoms with Crippen LogP contribution in [-0.4, -0.2) is 23.4 Å². The summed E-state index contributed by atoms with van der Waals surface area (Å²) < 4.78 is 0. The number of amides is 1. The molecular formula is C27H25N3OS. The van der Waals surface area contributed by atoms with Crippen LogP contribution in [-0.2, 0) is 4.79 Å². The lowest BCUT2D eigenvalue weighted by Crippen LogP contribution is -2.47. The molecule has 3 aromatic carbocycles. The Kier molecular flexibility index (Phi) is 5.19. The van der Waals surface area contributed by atoms with E-state index in [4.69, 9.17) is 0 Å². The van der Waals surface area contributed by atoms with Gasteiger partial charge in [0, 0.05) is 18.0 Å². The molecule has 0 spiro atoms. The number of anilines is 1. The molecule has 2 aliphatic heterocycles. The van der Waals surface area contributed by atoms with Crippen molar-refractivity contribution < 1.29 is 4.79 Å². The van der Waals surface area contributed by atoms with Crippen molar-refractivity contribution in [2.24, 2.45) is 0 Å². The number of benzene rings is 3. The summed E-state index contributed by atoms with van der Waals surface area (Å²) >= 11 is 1.60. The van der Waals surface area contributed by atoms with E-state index in [0.717, 1.165) is 27.2 Å². The molecular weight excluding hydrogens is 414 g/mol. The summed E-state index contributed by atoms with van der Waals surface area (Å²) in [6, 6.07) is 21.2. The van der Waals surface area contributed by atoms with Gasteiger partial charge in [-0.2, -0.15) is 5.26 Å². The molecule has 1 unspecified atom stereocenters. The molecule has 5 rings (SSSR count). The highest BCUT2D eigenvalue weighted by Crippen LogP contribution is 2.45. The number of carbonyl (C=O) groups is 1. The van der Waals surface area contributed by atoms with Gasteiger partial charge in [0.1, 0.15) is 0 Å². The molecule has 0 N–H and O–H groups in total. The topological polar surface area (TPSA) is 47.3 Å². The standard InChI is InChI=1S/C27H25N3OS/c1-17-11-18(2)26(19(3)12-17)29-15-30-25(31)13-23(24(14-28)27(30)32-16-29)22-10-6-8-20-7-4-5-9-21(20)22/h4-12,23H,13,15-16H2,1-3H3. The number of nitriles is 1. The van der Waals surface area contributed by atoms with Crippen molar-refractivity contribution >= 4 is 34.1 Å². The second kappa shape index (κ2) is 8.03. The molecule has 0 aromatic heterocycles. The lowest BCUT2D eigenvalue weighted by atomic mass is 9.84. The van der Waals surface area contributed by atoms with E-state index in [2.05, 4.69) is 68.1 Å². The van der Waals surface area contributed by atoms with Crippen LogP contribution in [0.3, 0.4) is 0 Å². The zero-order chi connectivity index (χ0) is 22.4. The van der Waals surface area contributed by atoms with Gasteiger partial charge in [-0.1, -0.05) is 71.9 Å². The third-order valence-electron chi connectivity index (χ3n) is 6.44. The number of rotatable bonds is 2. The van der Waals surface area contributed by atoms with Crippen molar-refractivity contribution in [2.45, 2.75) is 33.1 Å². The van der Waals surface area contributed by atoms with E-state index in [-0.39, 0.29) is 11.8 Å². The van der Waals surface area contributed by atoms with Crippen LogP contribution in [0.5, 0.6) is 0 Å². The molecule has 1 fully saturated rings. The van der Waals surface area contributed by atoms with E-state index in [9.17, 15) is 10.1 Å². The van der Waals surface area contributed by atoms with Crippen LogP contribution >= 0.6 is 11.8 Å². The normalized spacial score (nSPS) is 18.7. The van der Waals surface area contributed by atoms with E-state index in [1.54, 1.807) is 11.8 Å². The van der Waals surface area contributed by atoms with Gasteiger partial charge in [0.05, 0.1) is 29.2 Å². The van der Waals surface area contributed by atoms with Crippen LogP contribution in [0.15, 0.2) is 65.2 Å². The van der Waals surface area contributed by atoms with Gasteiger partial charge in [0.2, 0.25) is 5.91 Å². The number of hydrogen-bond acceptors (Lipinski definition) is 4. The monoisotopic (exact) mass is 439 g/mol. The number of allylic oxidation sites excluding steroid dienone is 1. The van der Waals surface area contributed by atoms with Crippen molar-refractivity contribution in [3.8, 4) is 6.07 Å². The van der Waals surface area contributed by atoms with Crippen molar-refractivity contribution in [3.05, 3.63) is 87.5 Å². The third kappa shape index (κ3) is 3.36. The third-order valence-corrected chi connectivity index (χ3v) is 7.60. The average molecular weight is 440 g/mol. The fourth-order valence-electron chi connectivity index (χ4n) is 5.20. The van der Waals surface area contributed by atoms with Crippen LogP contribution < -0.4 is 4.90 Å². The first-order valence-electron chi connectivity index (χ1n) is 10.9. The summed E-state index contributed by atoms with van der Waals surface area (Å²) in [4.78, 5) is 17.4. The average Bonchev–Trinajstić information content (AvgIpc) is 2.78. The fourth-order valence-corrected chi connectivity index (χ4v) is 6.34. The molecule has 32 heavy (non-hydrogen) atoms. The molecule has 0 radical (unpaired) electrons. The first-order chi connectivity index (χ1) is 15.5. The van der Waals surface area contributed by atoms with Gasteiger partial charge in [0.15, 0.2) is 0 Å². The van der Waals surface area contributed by atoms with Gasteiger partial charge in [-0.15, -0.1) is 0 Å². The number of hydrogen-bond donors (Lipinski definition) is 0. The van der Waals surface area contributed by atoms with Crippen molar-refractivity contribution in [1.29, 1.82) is 5.26 Å². The van der Waals surface area contributed by atoms with E-state index < -0.39 is 0 Å². The van der Waals surface area contributed by atoms with E-state index in [1.165, 1.54) is 22.4 Å². The van der Waals surface area contributed by atoms with Gasteiger partial charge in [0.25, 0.3) is 0 Å². The zero-order valence-electron chi connectivity index (χ0n) is 18.6. The van der Waals surface area contributed by atoms with Gasteiger partial charge < -0.3 is 4.90 Å². The predicted molar refractivity (Wildman–Crippen MR) is 131 cm³/mol. The Hall–Kier alpha value is -3.23. The lowest BCUT2D eigenvalue weighted by molar-refractivity contribution is -0.129. The summed E-state index contributed by atoms with van der Waals surface area (Å²) in [5, 5.41) is 13.2. The summed E-state index contributed by atoms with van der Waals surface area (Å²) in [6.45, 7) is 6.84. The van der Waals surface area contributed by atoms with Crippen molar-refractivity contribution in [1.82, 2.24) is 4.90 Å². The van der Waals surface area contributed by atoms with Gasteiger partial charge in [-0.05, 0) is 48.2 Å². The van der Waals surface area contributed by atoms with Crippen molar-refractivity contribution in [2.75, 3.05) is 17.4 Å². The Morgan fingerprint density at radius 3 is 2.50 bits per heavy atom. The van der Waals surface area contributed by atoms with Gasteiger partial charge in [-0.3, -0.25) is 9.69 Å². The molecule has 2 heterocycles. The molecule has 0 aliphatic carbocycles. The first-order valence-corrected chi connectivity index (χ1v) is 11.8. The fraction of sp³-hybridized carbons (Fsp3) is 0.259. The second-order valence-electron chi connectivity index (χ2n) is 8.68. The lowest BCUT2D eigenvalue weighted by Gasteiger charge is -2.43. The first kappa shape index (κ1) is 20.7. The minimum atomic E-state index is -0.202. The highest BCUT2D eigenvalue weighted by molar-refractivity contribution is 8.03. The number of carbonyl (C=O) groups excluding carboxylic acids is 1. The maximum absolute atomic E-state index is 13.4. The number of fused-ring (bicyclic) bond motifs is 2. The Labute approximate surface area is 193 Å². The van der Waals surface area contributed by atoms with E-state index in [0.29, 0.717) is 18.7 Å². The highest BCUT2D eigenvalue weighted by atomic mass is 32.2. The molecule has 1 atom stereocenters. The van der Waals surface area contributed by atoms with E-state index in [1.807, 2.05) is 23.1 Å². The Morgan fingerprint density at radius 1 is 1.03 bits per heavy atom. The Balaban J connectivity index is 1.55. The maximum atomic E-state index is 13.4. The second-order valence-corrected chi connectivity index (χ2v) is 9.61.